The first-order chi connectivity index (χ1) is 15.5. The molecule has 2 aromatic heterocycles. The van der Waals surface area contributed by atoms with Crippen LogP contribution < -0.4 is 10.2 Å². The van der Waals surface area contributed by atoms with Gasteiger partial charge >= 0.3 is 0 Å². The molecule has 0 bridgehead atoms. The maximum absolute atomic E-state index is 12.6. The normalized spacial score (nSPS) is 14.5. The zero-order chi connectivity index (χ0) is 22.5. The van der Waals surface area contributed by atoms with Gasteiger partial charge in [-0.25, -0.2) is 15.0 Å². The Morgan fingerprint density at radius 2 is 2.00 bits per heavy atom. The summed E-state index contributed by atoms with van der Waals surface area (Å²) in [6.45, 7) is 6.30. The maximum Gasteiger partial charge on any atom is 0.267 e. The van der Waals surface area contributed by atoms with E-state index in [0.29, 0.717) is 34.4 Å². The molecule has 1 aliphatic heterocycles. The molecular formula is C22H25ClN6O2S. The average Bonchev–Trinajstić information content (AvgIpc) is 3.24. The Morgan fingerprint density at radius 1 is 1.22 bits per heavy atom. The molecule has 1 aromatic carbocycles. The highest BCUT2D eigenvalue weighted by Crippen LogP contribution is 2.24. The van der Waals surface area contributed by atoms with Crippen molar-refractivity contribution in [1.82, 2.24) is 19.9 Å². The van der Waals surface area contributed by atoms with Gasteiger partial charge in [0, 0.05) is 45.2 Å². The summed E-state index contributed by atoms with van der Waals surface area (Å²) in [5.41, 5.74) is 1.45. The quantitative estimate of drug-likeness (QED) is 0.546. The zero-order valence-corrected chi connectivity index (χ0v) is 19.4. The van der Waals surface area contributed by atoms with E-state index >= 15 is 0 Å². The van der Waals surface area contributed by atoms with Gasteiger partial charge in [0.25, 0.3) is 5.91 Å². The summed E-state index contributed by atoms with van der Waals surface area (Å²) in [7, 11) is 0. The number of hydrogen-bond donors (Lipinski definition) is 2. The summed E-state index contributed by atoms with van der Waals surface area (Å²) in [5.74, 6) is 1.38. The van der Waals surface area contributed by atoms with Gasteiger partial charge in [0.1, 0.15) is 16.5 Å². The van der Waals surface area contributed by atoms with E-state index in [1.807, 2.05) is 25.1 Å². The number of carbonyl (C=O) groups is 1. The first kappa shape index (κ1) is 22.6. The summed E-state index contributed by atoms with van der Waals surface area (Å²) in [6.07, 6.45) is 2.12. The second kappa shape index (κ2) is 10.4. The molecule has 3 aromatic rings. The smallest absolute Gasteiger partial charge is 0.267 e. The lowest BCUT2D eigenvalue weighted by molar-refractivity contribution is 0.103. The molecule has 32 heavy (non-hydrogen) atoms. The Morgan fingerprint density at radius 3 is 2.75 bits per heavy atom. The van der Waals surface area contributed by atoms with Crippen LogP contribution in [0.2, 0.25) is 5.02 Å². The third kappa shape index (κ3) is 5.60. The number of nitrogens with zero attached hydrogens (tertiary/aromatic N) is 5. The van der Waals surface area contributed by atoms with Crippen molar-refractivity contribution in [3.8, 4) is 0 Å². The number of anilines is 2. The van der Waals surface area contributed by atoms with E-state index in [-0.39, 0.29) is 12.5 Å². The number of hydrogen-bond acceptors (Lipinski definition) is 8. The molecule has 4 rings (SSSR count). The Balaban J connectivity index is 1.42. The summed E-state index contributed by atoms with van der Waals surface area (Å²) in [4.78, 5) is 31.2. The number of aromatic nitrogens is 3. The monoisotopic (exact) mass is 472 g/mol. The third-order valence-corrected chi connectivity index (χ3v) is 6.55. The molecule has 3 heterocycles. The van der Waals surface area contributed by atoms with E-state index in [2.05, 4.69) is 30.1 Å². The molecule has 0 radical (unpaired) electrons. The van der Waals surface area contributed by atoms with Gasteiger partial charge in [0.2, 0.25) is 0 Å². The topological polar surface area (TPSA) is 94.5 Å². The van der Waals surface area contributed by atoms with Gasteiger partial charge < -0.3 is 15.3 Å². The number of halogens is 1. The van der Waals surface area contributed by atoms with Crippen molar-refractivity contribution in [2.45, 2.75) is 13.3 Å². The minimum atomic E-state index is -0.234. The highest BCUT2D eigenvalue weighted by molar-refractivity contribution is 7.13. The van der Waals surface area contributed by atoms with Crippen molar-refractivity contribution in [2.24, 2.45) is 0 Å². The lowest BCUT2D eigenvalue weighted by Gasteiger charge is -2.35. The van der Waals surface area contributed by atoms with Crippen LogP contribution in [0.1, 0.15) is 26.2 Å². The first-order valence-electron chi connectivity index (χ1n) is 10.4. The van der Waals surface area contributed by atoms with E-state index in [1.165, 1.54) is 11.3 Å². The molecular weight excluding hydrogens is 448 g/mol. The predicted molar refractivity (Wildman–Crippen MR) is 127 cm³/mol. The minimum absolute atomic E-state index is 0.184. The van der Waals surface area contributed by atoms with Crippen LogP contribution in [-0.4, -0.2) is 70.2 Å². The SMILES string of the molecule is Cc1nc(Cc2ncc(C(=O)Nc3ccccc3Cl)s2)cc(N2CCN(CCO)CC2)n1. The fourth-order valence-corrected chi connectivity index (χ4v) is 4.62. The molecule has 2 N–H and O–H groups in total. The number of aliphatic hydroxyl groups is 1. The van der Waals surface area contributed by atoms with Crippen molar-refractivity contribution < 1.29 is 9.90 Å². The van der Waals surface area contributed by atoms with Crippen LogP contribution in [0.3, 0.4) is 0 Å². The van der Waals surface area contributed by atoms with Crippen LogP contribution >= 0.6 is 22.9 Å². The molecule has 168 valence electrons. The standard InChI is InChI=1S/C22H25ClN6O2S/c1-15-25-16(12-20(26-15)29-8-6-28(7-9-29)10-11-30)13-21-24-14-19(32-21)22(31)27-18-5-3-2-4-17(18)23/h2-5,12,14,30H,6-11,13H2,1H3,(H,27,31). The van der Waals surface area contributed by atoms with Gasteiger partial charge in [-0.15, -0.1) is 11.3 Å². The summed E-state index contributed by atoms with van der Waals surface area (Å²) in [6, 6.07) is 9.13. The van der Waals surface area contributed by atoms with Crippen molar-refractivity contribution in [1.29, 1.82) is 0 Å². The second-order valence-electron chi connectivity index (χ2n) is 7.55. The maximum atomic E-state index is 12.6. The van der Waals surface area contributed by atoms with Gasteiger partial charge in [0.05, 0.1) is 34.2 Å². The van der Waals surface area contributed by atoms with Gasteiger partial charge in [-0.05, 0) is 19.1 Å². The molecule has 8 nitrogen and oxygen atoms in total. The largest absolute Gasteiger partial charge is 0.395 e. The number of nitrogens with one attached hydrogen (secondary N) is 1. The zero-order valence-electron chi connectivity index (χ0n) is 17.8. The number of benzene rings is 1. The number of para-hydroxylation sites is 1. The number of carbonyl (C=O) groups excluding carboxylic acids is 1. The molecule has 1 aliphatic rings. The van der Waals surface area contributed by atoms with Crippen LogP contribution in [0.25, 0.3) is 0 Å². The molecule has 0 unspecified atom stereocenters. The minimum Gasteiger partial charge on any atom is -0.395 e. The molecule has 1 fully saturated rings. The van der Waals surface area contributed by atoms with Gasteiger partial charge in [0.15, 0.2) is 0 Å². The number of β-amino-alcohol motifs (C(OH)–C–C–N with tert-alkyl or cyclic N) is 1. The summed E-state index contributed by atoms with van der Waals surface area (Å²) < 4.78 is 0. The van der Waals surface area contributed by atoms with Gasteiger partial charge in [-0.1, -0.05) is 23.7 Å². The van der Waals surface area contributed by atoms with Crippen LogP contribution in [0.5, 0.6) is 0 Å². The fourth-order valence-electron chi connectivity index (χ4n) is 3.61. The highest BCUT2D eigenvalue weighted by atomic mass is 35.5. The third-order valence-electron chi connectivity index (χ3n) is 5.22. The Hall–Kier alpha value is -2.59. The van der Waals surface area contributed by atoms with E-state index in [9.17, 15) is 4.79 Å². The van der Waals surface area contributed by atoms with E-state index in [0.717, 1.165) is 42.7 Å². The van der Waals surface area contributed by atoms with Crippen molar-refractivity contribution in [3.63, 3.8) is 0 Å². The van der Waals surface area contributed by atoms with E-state index in [1.54, 1.807) is 18.3 Å². The molecule has 0 spiro atoms. The Labute approximate surface area is 195 Å². The number of aryl methyl sites for hydroxylation is 1. The van der Waals surface area contributed by atoms with Crippen LogP contribution in [-0.2, 0) is 6.42 Å². The predicted octanol–water partition coefficient (Wildman–Crippen LogP) is 2.85. The Bertz CT molecular complexity index is 1080. The van der Waals surface area contributed by atoms with Crippen molar-refractivity contribution in [3.05, 3.63) is 63.0 Å². The molecule has 1 amide bonds. The highest BCUT2D eigenvalue weighted by Gasteiger charge is 2.19. The van der Waals surface area contributed by atoms with Crippen molar-refractivity contribution in [2.75, 3.05) is 49.5 Å². The number of aliphatic hydroxyl groups excluding tert-OH is 1. The van der Waals surface area contributed by atoms with Crippen LogP contribution in [0, 0.1) is 6.92 Å². The fraction of sp³-hybridized carbons (Fsp3) is 0.364. The van der Waals surface area contributed by atoms with Crippen LogP contribution in [0.4, 0.5) is 11.5 Å². The van der Waals surface area contributed by atoms with Gasteiger partial charge in [-0.3, -0.25) is 9.69 Å². The second-order valence-corrected chi connectivity index (χ2v) is 9.07. The summed E-state index contributed by atoms with van der Waals surface area (Å²) >= 11 is 7.47. The number of amides is 1. The molecule has 0 aliphatic carbocycles. The summed E-state index contributed by atoms with van der Waals surface area (Å²) in [5, 5.41) is 13.3. The molecule has 1 saturated heterocycles. The van der Waals surface area contributed by atoms with Crippen LogP contribution in [0.15, 0.2) is 36.5 Å². The van der Waals surface area contributed by atoms with Gasteiger partial charge in [-0.2, -0.15) is 0 Å². The average molecular weight is 473 g/mol. The number of thiazole rings is 1. The Kier molecular flexibility index (Phi) is 7.31. The lowest BCUT2D eigenvalue weighted by atomic mass is 10.2. The molecule has 0 saturated carbocycles. The number of rotatable bonds is 7. The first-order valence-corrected chi connectivity index (χ1v) is 11.6. The van der Waals surface area contributed by atoms with Crippen molar-refractivity contribution >= 4 is 40.4 Å². The lowest BCUT2D eigenvalue weighted by Crippen LogP contribution is -2.47. The number of piperazine rings is 1. The molecule has 0 atom stereocenters. The molecule has 10 heteroatoms. The van der Waals surface area contributed by atoms with E-state index in [4.69, 9.17) is 16.7 Å². The van der Waals surface area contributed by atoms with E-state index < -0.39 is 0 Å².